The largest absolute Gasteiger partial charge is 0.348 e. The molecule has 3 rings (SSSR count). The Hall–Kier alpha value is -3.12. The van der Waals surface area contributed by atoms with Gasteiger partial charge in [0, 0.05) is 12.1 Å². The van der Waals surface area contributed by atoms with Crippen LogP contribution in [0.3, 0.4) is 0 Å². The molecule has 1 amide bonds. The summed E-state index contributed by atoms with van der Waals surface area (Å²) in [6.45, 7) is 2.58. The first kappa shape index (κ1) is 20.6. The summed E-state index contributed by atoms with van der Waals surface area (Å²) in [5.41, 5.74) is 3.97. The lowest BCUT2D eigenvalue weighted by atomic mass is 10.1. The van der Waals surface area contributed by atoms with E-state index in [9.17, 15) is 13.2 Å². The van der Waals surface area contributed by atoms with Crippen LogP contribution >= 0.6 is 0 Å². The van der Waals surface area contributed by atoms with Gasteiger partial charge in [0.25, 0.3) is 5.91 Å². The lowest BCUT2D eigenvalue weighted by molar-refractivity contribution is 0.0951. The summed E-state index contributed by atoms with van der Waals surface area (Å²) in [4.78, 5) is 12.4. The minimum Gasteiger partial charge on any atom is -0.348 e. The van der Waals surface area contributed by atoms with Crippen molar-refractivity contribution in [3.63, 3.8) is 0 Å². The third-order valence-electron chi connectivity index (χ3n) is 4.53. The Kier molecular flexibility index (Phi) is 6.34. The van der Waals surface area contributed by atoms with Gasteiger partial charge in [0.1, 0.15) is 0 Å². The molecule has 0 atom stereocenters. The van der Waals surface area contributed by atoms with E-state index < -0.39 is 10.0 Å². The van der Waals surface area contributed by atoms with Crippen molar-refractivity contribution in [1.29, 1.82) is 0 Å². The van der Waals surface area contributed by atoms with Crippen LogP contribution < -0.4 is 9.62 Å². The van der Waals surface area contributed by atoms with Crippen molar-refractivity contribution in [3.8, 4) is 0 Å². The van der Waals surface area contributed by atoms with Crippen molar-refractivity contribution >= 4 is 21.6 Å². The van der Waals surface area contributed by atoms with E-state index in [4.69, 9.17) is 0 Å². The molecule has 0 saturated carbocycles. The second-order valence-corrected chi connectivity index (χ2v) is 8.88. The molecule has 29 heavy (non-hydrogen) atoms. The molecular weight excluding hydrogens is 384 g/mol. The molecule has 0 unspecified atom stereocenters. The zero-order chi connectivity index (χ0) is 20.9. The number of nitrogens with zero attached hydrogens (tertiary/aromatic N) is 1. The number of sulfonamides is 1. The minimum atomic E-state index is -3.44. The molecule has 0 aliphatic heterocycles. The summed E-state index contributed by atoms with van der Waals surface area (Å²) in [6.07, 6.45) is 1.20. The number of benzene rings is 3. The van der Waals surface area contributed by atoms with Crippen LogP contribution in [0.4, 0.5) is 5.69 Å². The molecule has 0 heterocycles. The zero-order valence-corrected chi connectivity index (χ0v) is 17.3. The van der Waals surface area contributed by atoms with Crippen LogP contribution in [-0.4, -0.2) is 20.6 Å². The molecule has 150 valence electrons. The smallest absolute Gasteiger partial charge is 0.251 e. The Morgan fingerprint density at radius 3 is 2.21 bits per heavy atom. The molecule has 0 fully saturated rings. The number of carbonyl (C=O) groups excluding carboxylic acids is 1. The lowest BCUT2D eigenvalue weighted by Crippen LogP contribution is -2.29. The molecule has 0 radical (unpaired) electrons. The van der Waals surface area contributed by atoms with Crippen molar-refractivity contribution in [1.82, 2.24) is 5.32 Å². The van der Waals surface area contributed by atoms with E-state index in [-0.39, 0.29) is 12.5 Å². The van der Waals surface area contributed by atoms with Gasteiger partial charge < -0.3 is 5.32 Å². The van der Waals surface area contributed by atoms with E-state index in [1.807, 2.05) is 55.5 Å². The third kappa shape index (κ3) is 5.68. The average molecular weight is 409 g/mol. The van der Waals surface area contributed by atoms with E-state index in [1.54, 1.807) is 30.3 Å². The summed E-state index contributed by atoms with van der Waals surface area (Å²) in [5.74, 6) is -0.168. The van der Waals surface area contributed by atoms with Gasteiger partial charge in [0.15, 0.2) is 0 Å². The van der Waals surface area contributed by atoms with Gasteiger partial charge >= 0.3 is 0 Å². The van der Waals surface area contributed by atoms with E-state index in [1.165, 1.54) is 10.6 Å². The van der Waals surface area contributed by atoms with Gasteiger partial charge in [-0.25, -0.2) is 8.42 Å². The van der Waals surface area contributed by atoms with Crippen molar-refractivity contribution < 1.29 is 13.2 Å². The molecule has 0 bridgehead atoms. The van der Waals surface area contributed by atoms with Crippen molar-refractivity contribution in [2.24, 2.45) is 0 Å². The maximum absolute atomic E-state index is 12.4. The molecule has 0 aliphatic rings. The van der Waals surface area contributed by atoms with Gasteiger partial charge in [-0.3, -0.25) is 9.10 Å². The summed E-state index contributed by atoms with van der Waals surface area (Å²) in [6, 6.07) is 24.1. The second kappa shape index (κ2) is 8.92. The monoisotopic (exact) mass is 408 g/mol. The predicted octanol–water partition coefficient (Wildman–Crippen LogP) is 3.89. The topological polar surface area (TPSA) is 66.5 Å². The Balaban J connectivity index is 1.70. The molecule has 6 heteroatoms. The summed E-state index contributed by atoms with van der Waals surface area (Å²) < 4.78 is 26.0. The fraction of sp³-hybridized carbons (Fsp3) is 0.174. The number of nitrogens with one attached hydrogen (secondary N) is 1. The van der Waals surface area contributed by atoms with E-state index in [2.05, 4.69) is 5.32 Å². The van der Waals surface area contributed by atoms with E-state index in [0.717, 1.165) is 16.7 Å². The summed E-state index contributed by atoms with van der Waals surface area (Å²) in [5, 5.41) is 2.89. The Morgan fingerprint density at radius 2 is 1.59 bits per heavy atom. The molecule has 0 aromatic heterocycles. The highest BCUT2D eigenvalue weighted by atomic mass is 32.2. The Labute approximate surface area is 172 Å². The Morgan fingerprint density at radius 1 is 0.897 bits per heavy atom. The van der Waals surface area contributed by atoms with Crippen LogP contribution in [0.5, 0.6) is 0 Å². The van der Waals surface area contributed by atoms with Gasteiger partial charge in [0.2, 0.25) is 10.0 Å². The van der Waals surface area contributed by atoms with Crippen LogP contribution in [0.15, 0.2) is 78.9 Å². The van der Waals surface area contributed by atoms with E-state index in [0.29, 0.717) is 17.8 Å². The van der Waals surface area contributed by atoms with Crippen molar-refractivity contribution in [3.05, 3.63) is 101 Å². The first-order valence-electron chi connectivity index (χ1n) is 9.28. The first-order valence-corrected chi connectivity index (χ1v) is 11.1. The number of amides is 1. The summed E-state index contributed by atoms with van der Waals surface area (Å²) in [7, 11) is -3.44. The maximum Gasteiger partial charge on any atom is 0.251 e. The lowest BCUT2D eigenvalue weighted by Gasteiger charge is -2.23. The van der Waals surface area contributed by atoms with Crippen LogP contribution in [0.1, 0.15) is 27.0 Å². The van der Waals surface area contributed by atoms with Gasteiger partial charge in [-0.1, -0.05) is 54.6 Å². The van der Waals surface area contributed by atoms with Crippen LogP contribution in [0, 0.1) is 6.92 Å². The van der Waals surface area contributed by atoms with Crippen molar-refractivity contribution in [2.75, 3.05) is 10.6 Å². The van der Waals surface area contributed by atoms with Gasteiger partial charge in [-0.05, 0) is 47.9 Å². The highest BCUT2D eigenvalue weighted by Crippen LogP contribution is 2.22. The number of aryl methyl sites for hydroxylation is 1. The second-order valence-electron chi connectivity index (χ2n) is 6.97. The molecular formula is C23H24N2O3S. The SMILES string of the molecule is Cc1cccc(N(Cc2ccc(C(=O)NCc3ccccc3)cc2)S(C)(=O)=O)c1. The van der Waals surface area contributed by atoms with Gasteiger partial charge in [0.05, 0.1) is 18.5 Å². The molecule has 5 nitrogen and oxygen atoms in total. The quantitative estimate of drug-likeness (QED) is 0.645. The molecule has 3 aromatic rings. The predicted molar refractivity (Wildman–Crippen MR) is 116 cm³/mol. The fourth-order valence-electron chi connectivity index (χ4n) is 2.99. The molecule has 0 saturated heterocycles. The first-order chi connectivity index (χ1) is 13.8. The third-order valence-corrected chi connectivity index (χ3v) is 5.67. The number of rotatable bonds is 7. The van der Waals surface area contributed by atoms with Crippen LogP contribution in [0.2, 0.25) is 0 Å². The van der Waals surface area contributed by atoms with Crippen molar-refractivity contribution in [2.45, 2.75) is 20.0 Å². The standard InChI is InChI=1S/C23H24N2O3S/c1-18-7-6-10-22(15-18)25(29(2,27)28)17-20-11-13-21(14-12-20)23(26)24-16-19-8-4-3-5-9-19/h3-15H,16-17H2,1-2H3,(H,24,26). The van der Waals surface area contributed by atoms with Crippen LogP contribution in [0.25, 0.3) is 0 Å². The summed E-state index contributed by atoms with van der Waals surface area (Å²) >= 11 is 0. The highest BCUT2D eigenvalue weighted by Gasteiger charge is 2.18. The van der Waals surface area contributed by atoms with Crippen LogP contribution in [-0.2, 0) is 23.1 Å². The number of hydrogen-bond donors (Lipinski definition) is 1. The van der Waals surface area contributed by atoms with Gasteiger partial charge in [-0.2, -0.15) is 0 Å². The average Bonchev–Trinajstić information content (AvgIpc) is 2.70. The van der Waals surface area contributed by atoms with Gasteiger partial charge in [-0.15, -0.1) is 0 Å². The molecule has 0 spiro atoms. The normalized spacial score (nSPS) is 11.1. The minimum absolute atomic E-state index is 0.168. The fourth-order valence-corrected chi connectivity index (χ4v) is 3.87. The maximum atomic E-state index is 12.4. The molecule has 1 N–H and O–H groups in total. The number of carbonyl (C=O) groups is 1. The zero-order valence-electron chi connectivity index (χ0n) is 16.5. The number of anilines is 1. The number of hydrogen-bond acceptors (Lipinski definition) is 3. The molecule has 3 aromatic carbocycles. The molecule has 0 aliphatic carbocycles. The Bertz CT molecular complexity index is 1080. The van der Waals surface area contributed by atoms with E-state index >= 15 is 0 Å². The highest BCUT2D eigenvalue weighted by molar-refractivity contribution is 7.92.